The van der Waals surface area contributed by atoms with E-state index in [0.717, 1.165) is 7.11 Å². The van der Waals surface area contributed by atoms with Crippen molar-refractivity contribution in [2.24, 2.45) is 0 Å². The lowest BCUT2D eigenvalue weighted by atomic mass is 10.3. The molecule has 0 radical (unpaired) electrons. The van der Waals surface area contributed by atoms with Gasteiger partial charge in [0.25, 0.3) is 0 Å². The summed E-state index contributed by atoms with van der Waals surface area (Å²) in [6.45, 7) is 0.127. The number of aliphatic hydroxyl groups is 1. The van der Waals surface area contributed by atoms with Gasteiger partial charge >= 0.3 is 48.2 Å². The first-order valence-electron chi connectivity index (χ1n) is 17.2. The van der Waals surface area contributed by atoms with Gasteiger partial charge in [-0.05, 0) is 0 Å². The first-order valence-corrected chi connectivity index (χ1v) is 17.2. The van der Waals surface area contributed by atoms with Crippen molar-refractivity contribution in [2.45, 2.75) is 49.3 Å². The molecule has 10 aliphatic rings. The van der Waals surface area contributed by atoms with Crippen LogP contribution in [0.1, 0.15) is 0 Å². The van der Waals surface area contributed by atoms with E-state index in [1.807, 2.05) is 0 Å². The average Bonchev–Trinajstić information content (AvgIpc) is 3.94. The van der Waals surface area contributed by atoms with Gasteiger partial charge in [-0.25, -0.2) is 38.4 Å². The third-order valence-corrected chi connectivity index (χ3v) is 12.4. The molecule has 0 saturated carbocycles. The molecule has 25 nitrogen and oxygen atoms in total. The Morgan fingerprint density at radius 1 is 0.278 bits per heavy atom. The molecule has 0 atom stereocenters. The lowest BCUT2D eigenvalue weighted by molar-refractivity contribution is -0.00213. The van der Waals surface area contributed by atoms with Crippen molar-refractivity contribution in [1.82, 2.24) is 78.4 Å². The number of rotatable bonds is 0. The molecular weight excluding hydrogens is 716 g/mol. The lowest BCUT2D eigenvalue weighted by Gasteiger charge is -2.40. The number of likely N-dealkylation sites (N-methyl/N-ethyl adjacent to an activating group) is 8. The van der Waals surface area contributed by atoms with Crippen LogP contribution in [0.5, 0.6) is 0 Å². The number of urea groups is 8. The maximum atomic E-state index is 12.8. The van der Waals surface area contributed by atoms with E-state index in [4.69, 9.17) is 5.11 Å². The molecule has 0 bridgehead atoms. The van der Waals surface area contributed by atoms with Crippen LogP contribution in [0, 0.1) is 0 Å². The minimum Gasteiger partial charge on any atom is -0.400 e. The van der Waals surface area contributed by atoms with Crippen molar-refractivity contribution in [2.75, 3.05) is 90.2 Å². The number of aliphatic hydroxyl groups excluding tert-OH is 1. The Bertz CT molecular complexity index is 1410. The second kappa shape index (κ2) is 11.3. The summed E-state index contributed by atoms with van der Waals surface area (Å²) in [4.78, 5) is 127. The zero-order valence-electron chi connectivity index (χ0n) is 31.3. The van der Waals surface area contributed by atoms with E-state index >= 15 is 0 Å². The highest BCUT2D eigenvalue weighted by Crippen LogP contribution is 2.42. The van der Waals surface area contributed by atoms with Crippen LogP contribution in [0.3, 0.4) is 0 Å². The van der Waals surface area contributed by atoms with Crippen LogP contribution in [0.25, 0.3) is 0 Å². The zero-order chi connectivity index (χ0) is 39.3. The number of carbonyl (C=O) groups excluding carboxylic acids is 8. The molecule has 16 amide bonds. The van der Waals surface area contributed by atoms with Crippen molar-refractivity contribution >= 4 is 48.2 Å². The number of hydrogen-bond acceptors (Lipinski definition) is 9. The number of hydrogen-bond donors (Lipinski definition) is 1. The Hall–Kier alpha value is -5.88. The Kier molecular flexibility index (Phi) is 7.37. The van der Waals surface area contributed by atoms with Crippen molar-refractivity contribution in [1.29, 1.82) is 0 Å². The fraction of sp³-hybridized carbons (Fsp3) is 0.724. The second-order valence-corrected chi connectivity index (χ2v) is 14.8. The number of carbonyl (C=O) groups is 8. The summed E-state index contributed by atoms with van der Waals surface area (Å²) in [5, 5.41) is 7.00. The van der Waals surface area contributed by atoms with Crippen molar-refractivity contribution < 1.29 is 43.5 Å². The Balaban J connectivity index is 0.000000147. The van der Waals surface area contributed by atoms with Crippen molar-refractivity contribution in [3.8, 4) is 0 Å². The summed E-state index contributed by atoms with van der Waals surface area (Å²) in [5.41, 5.74) is 0. The van der Waals surface area contributed by atoms with Gasteiger partial charge in [0.1, 0.15) is 51.3 Å². The van der Waals surface area contributed by atoms with Gasteiger partial charge in [-0.1, -0.05) is 0 Å². The molecule has 0 aliphatic carbocycles. The molecule has 0 aromatic carbocycles. The molecule has 25 heteroatoms. The van der Waals surface area contributed by atoms with Crippen LogP contribution in [0.4, 0.5) is 38.4 Å². The van der Waals surface area contributed by atoms with Crippen molar-refractivity contribution in [3.63, 3.8) is 0 Å². The van der Waals surface area contributed by atoms with Gasteiger partial charge in [0.05, 0.1) is 0 Å². The molecule has 10 aliphatic heterocycles. The van der Waals surface area contributed by atoms with Crippen LogP contribution in [-0.2, 0) is 0 Å². The summed E-state index contributed by atoms with van der Waals surface area (Å²) >= 11 is 0. The van der Waals surface area contributed by atoms with Gasteiger partial charge in [-0.3, -0.25) is 39.2 Å². The molecule has 1 N–H and O–H groups in total. The summed E-state index contributed by atoms with van der Waals surface area (Å²) < 4.78 is 0. The van der Waals surface area contributed by atoms with E-state index in [-0.39, 0.29) is 74.9 Å². The molecule has 10 heterocycles. The maximum Gasteiger partial charge on any atom is 0.324 e. The number of amides is 16. The molecule has 10 rings (SSSR count). The largest absolute Gasteiger partial charge is 0.400 e. The normalized spacial score (nSPS) is 34.6. The SMILES string of the molecule is CN1C(=O)N2CN3C(=O)N(C)C4C3N(CN3C(=O)N(C)C1C23)C(=O)N4C.CN1C(=O)N2CN3C(=O)N(C)C4C3N(CN3C(=O)N(C)C1C23)C(=O)N4C.CO. The van der Waals surface area contributed by atoms with Crippen molar-refractivity contribution in [3.05, 3.63) is 0 Å². The Morgan fingerprint density at radius 3 is 0.500 bits per heavy atom. The highest BCUT2D eigenvalue weighted by atomic mass is 16.2. The molecule has 54 heavy (non-hydrogen) atoms. The molecular formula is C29H44N16O9. The Morgan fingerprint density at radius 2 is 0.389 bits per heavy atom. The van der Waals surface area contributed by atoms with Crippen LogP contribution in [0.15, 0.2) is 0 Å². The predicted molar refractivity (Wildman–Crippen MR) is 178 cm³/mol. The van der Waals surface area contributed by atoms with Gasteiger partial charge in [0, 0.05) is 63.5 Å². The first-order chi connectivity index (χ1) is 25.5. The topological polar surface area (TPSA) is 209 Å². The van der Waals surface area contributed by atoms with E-state index in [9.17, 15) is 38.4 Å². The fourth-order valence-electron chi connectivity index (χ4n) is 9.84. The van der Waals surface area contributed by atoms with Crippen LogP contribution >= 0.6 is 0 Å². The standard InChI is InChI=1S/2C14H20N8O4.CH4O/c2*1-15-7-9-19(11(15)23)5-21-10-8(17(3)13(21)25)18(4)14(26)22(10)6-20(9)12(24)16(7)2;1-2/h2*7-10H,5-6H2,1-4H3;2H,1H3. The summed E-state index contributed by atoms with van der Waals surface area (Å²) in [5.74, 6) is 0. The van der Waals surface area contributed by atoms with E-state index < -0.39 is 49.3 Å². The average molecular weight is 761 g/mol. The van der Waals surface area contributed by atoms with Gasteiger partial charge in [-0.2, -0.15) is 0 Å². The monoisotopic (exact) mass is 760 g/mol. The fourth-order valence-corrected chi connectivity index (χ4v) is 9.84. The molecule has 10 saturated heterocycles. The molecule has 0 aromatic rings. The first kappa shape index (κ1) is 35.2. The third kappa shape index (κ3) is 3.95. The molecule has 0 unspecified atom stereocenters. The summed E-state index contributed by atoms with van der Waals surface area (Å²) in [7, 11) is 14.2. The smallest absolute Gasteiger partial charge is 0.324 e. The van der Waals surface area contributed by atoms with Gasteiger partial charge in [0.2, 0.25) is 0 Å². The maximum absolute atomic E-state index is 12.8. The van der Waals surface area contributed by atoms with E-state index in [0.29, 0.717) is 0 Å². The zero-order valence-corrected chi connectivity index (χ0v) is 31.3. The minimum atomic E-state index is -0.540. The molecule has 294 valence electrons. The highest BCUT2D eigenvalue weighted by molar-refractivity contribution is 5.90. The highest BCUT2D eigenvalue weighted by Gasteiger charge is 2.66. The van der Waals surface area contributed by atoms with E-state index in [1.165, 1.54) is 39.2 Å². The minimum absolute atomic E-state index is 0.0317. The van der Waals surface area contributed by atoms with Gasteiger partial charge in [0.15, 0.2) is 24.7 Å². The molecule has 10 fully saturated rings. The number of nitrogens with zero attached hydrogens (tertiary/aromatic N) is 16. The second-order valence-electron chi connectivity index (χ2n) is 14.8. The van der Waals surface area contributed by atoms with Gasteiger partial charge < -0.3 is 44.3 Å². The summed E-state index contributed by atoms with van der Waals surface area (Å²) in [6.07, 6.45) is -3.96. The van der Waals surface area contributed by atoms with Crippen LogP contribution in [0.2, 0.25) is 0 Å². The van der Waals surface area contributed by atoms with Gasteiger partial charge in [-0.15, -0.1) is 0 Å². The molecule has 0 spiro atoms. The van der Waals surface area contributed by atoms with E-state index in [2.05, 4.69) is 0 Å². The van der Waals surface area contributed by atoms with Crippen LogP contribution < -0.4 is 0 Å². The predicted octanol–water partition coefficient (Wildman–Crippen LogP) is -3.01. The van der Waals surface area contributed by atoms with Crippen LogP contribution in [-0.4, -0.2) is 271 Å². The lowest BCUT2D eigenvalue weighted by Crippen LogP contribution is -2.61. The summed E-state index contributed by atoms with van der Waals surface area (Å²) in [6, 6.07) is -1.93. The third-order valence-electron chi connectivity index (χ3n) is 12.4. The quantitative estimate of drug-likeness (QED) is 0.266. The van der Waals surface area contributed by atoms with E-state index in [1.54, 1.807) is 95.6 Å². The molecule has 0 aromatic heterocycles. The Labute approximate surface area is 309 Å².